The number of benzene rings is 2. The lowest BCUT2D eigenvalue weighted by atomic mass is 10.1. The maximum absolute atomic E-state index is 9.63. The third-order valence-corrected chi connectivity index (χ3v) is 3.62. The maximum atomic E-state index is 9.63. The zero-order valence-corrected chi connectivity index (χ0v) is 13.2. The second kappa shape index (κ2) is 6.34. The summed E-state index contributed by atoms with van der Waals surface area (Å²) in [6.07, 6.45) is 1.48. The fraction of sp³-hybridized carbons (Fsp3) is 0.111. The van der Waals surface area contributed by atoms with Gasteiger partial charge in [-0.05, 0) is 24.3 Å². The second-order valence-corrected chi connectivity index (χ2v) is 5.03. The largest absolute Gasteiger partial charge is 0.508 e. The van der Waals surface area contributed by atoms with Crippen molar-refractivity contribution >= 4 is 22.3 Å². The molecule has 1 aromatic heterocycles. The lowest BCUT2D eigenvalue weighted by molar-refractivity contribution is 0.358. The molecule has 0 amide bonds. The number of phenolic OH excluding ortho intramolecular Hbond substituents is 1. The number of anilines is 2. The number of ether oxygens (including phenoxy) is 2. The normalized spacial score (nSPS) is 10.2. The number of hydrogen-bond acceptors (Lipinski definition) is 6. The average molecular weight is 321 g/mol. The number of rotatable bonds is 4. The molecule has 0 aliphatic rings. The van der Waals surface area contributed by atoms with Crippen LogP contribution in [0.15, 0.2) is 42.6 Å². The van der Waals surface area contributed by atoms with Crippen LogP contribution in [0.5, 0.6) is 17.2 Å². The van der Waals surface area contributed by atoms with Gasteiger partial charge in [-0.25, -0.2) is 0 Å². The molecule has 0 spiro atoms. The van der Waals surface area contributed by atoms with Crippen LogP contribution in [-0.4, -0.2) is 24.3 Å². The minimum atomic E-state index is 0.135. The number of aromatic hydroxyl groups is 1. The Balaban J connectivity index is 2.23. The van der Waals surface area contributed by atoms with E-state index in [-0.39, 0.29) is 5.75 Å². The topological polar surface area (TPSA) is 87.4 Å². The van der Waals surface area contributed by atoms with Gasteiger partial charge in [-0.2, -0.15) is 5.26 Å². The van der Waals surface area contributed by atoms with Crippen LogP contribution < -0.4 is 14.8 Å². The molecular weight excluding hydrogens is 306 g/mol. The summed E-state index contributed by atoms with van der Waals surface area (Å²) in [6, 6.07) is 12.4. The molecule has 0 fully saturated rings. The van der Waals surface area contributed by atoms with Gasteiger partial charge in [-0.3, -0.25) is 4.98 Å². The highest BCUT2D eigenvalue weighted by atomic mass is 16.5. The molecule has 0 saturated carbocycles. The highest BCUT2D eigenvalue weighted by Gasteiger charge is 2.16. The van der Waals surface area contributed by atoms with E-state index in [0.29, 0.717) is 34.0 Å². The van der Waals surface area contributed by atoms with E-state index in [0.717, 1.165) is 5.39 Å². The molecule has 2 N–H and O–H groups in total. The number of aromatic nitrogens is 1. The van der Waals surface area contributed by atoms with Crippen LogP contribution in [0.3, 0.4) is 0 Å². The smallest absolute Gasteiger partial charge is 0.187 e. The first-order chi connectivity index (χ1) is 11.7. The number of fused-ring (bicyclic) bond motifs is 1. The van der Waals surface area contributed by atoms with Crippen molar-refractivity contribution in [3.05, 3.63) is 48.2 Å². The second-order valence-electron chi connectivity index (χ2n) is 5.03. The van der Waals surface area contributed by atoms with Gasteiger partial charge in [-0.1, -0.05) is 6.07 Å². The molecule has 6 nitrogen and oxygen atoms in total. The Kier molecular flexibility index (Phi) is 4.08. The Hall–Kier alpha value is -3.46. The predicted molar refractivity (Wildman–Crippen MR) is 91.0 cm³/mol. The summed E-state index contributed by atoms with van der Waals surface area (Å²) >= 11 is 0. The van der Waals surface area contributed by atoms with Gasteiger partial charge < -0.3 is 19.9 Å². The molecule has 0 bridgehead atoms. The predicted octanol–water partition coefficient (Wildman–Crippen LogP) is 3.57. The maximum Gasteiger partial charge on any atom is 0.187 e. The van der Waals surface area contributed by atoms with Gasteiger partial charge in [0.05, 0.1) is 25.5 Å². The minimum Gasteiger partial charge on any atom is -0.508 e. The van der Waals surface area contributed by atoms with E-state index in [9.17, 15) is 10.4 Å². The first-order valence-corrected chi connectivity index (χ1v) is 7.17. The Labute approximate surface area is 138 Å². The van der Waals surface area contributed by atoms with E-state index in [1.54, 1.807) is 44.6 Å². The van der Waals surface area contributed by atoms with Crippen LogP contribution in [0.4, 0.5) is 11.4 Å². The molecule has 0 unspecified atom stereocenters. The number of pyridine rings is 1. The minimum absolute atomic E-state index is 0.135. The Bertz CT molecular complexity index is 948. The SMILES string of the molecule is COc1ccc2c(Nc3cccc(O)c3)c(C#N)cnc2c1OC. The standard InChI is InChI=1S/C18H15N3O3/c1-23-15-7-6-14-16(21-12-4-3-5-13(22)8-12)11(9-19)10-20-17(14)18(15)24-2/h3-8,10,22H,1-2H3,(H,20,21). The molecule has 3 aromatic rings. The Morgan fingerprint density at radius 1 is 1.17 bits per heavy atom. The fourth-order valence-electron chi connectivity index (χ4n) is 2.53. The summed E-state index contributed by atoms with van der Waals surface area (Å²) in [5.41, 5.74) is 2.22. The third-order valence-electron chi connectivity index (χ3n) is 3.62. The van der Waals surface area contributed by atoms with E-state index in [4.69, 9.17) is 9.47 Å². The number of phenols is 1. The van der Waals surface area contributed by atoms with Gasteiger partial charge in [0.15, 0.2) is 11.5 Å². The lowest BCUT2D eigenvalue weighted by Gasteiger charge is -2.15. The van der Waals surface area contributed by atoms with Crippen LogP contribution in [-0.2, 0) is 0 Å². The molecule has 24 heavy (non-hydrogen) atoms. The van der Waals surface area contributed by atoms with Crippen molar-refractivity contribution < 1.29 is 14.6 Å². The molecule has 3 rings (SSSR count). The summed E-state index contributed by atoms with van der Waals surface area (Å²) < 4.78 is 10.7. The number of methoxy groups -OCH3 is 2. The van der Waals surface area contributed by atoms with E-state index >= 15 is 0 Å². The quantitative estimate of drug-likeness (QED) is 0.764. The monoisotopic (exact) mass is 321 g/mol. The van der Waals surface area contributed by atoms with E-state index in [1.807, 2.05) is 6.07 Å². The van der Waals surface area contributed by atoms with Gasteiger partial charge in [0, 0.05) is 23.3 Å². The van der Waals surface area contributed by atoms with E-state index in [1.165, 1.54) is 6.20 Å². The number of hydrogen-bond donors (Lipinski definition) is 2. The molecule has 6 heteroatoms. The van der Waals surface area contributed by atoms with Crippen LogP contribution in [0.1, 0.15) is 5.56 Å². The van der Waals surface area contributed by atoms with E-state index < -0.39 is 0 Å². The first kappa shape index (κ1) is 15.4. The Morgan fingerprint density at radius 2 is 2.00 bits per heavy atom. The van der Waals surface area contributed by atoms with Crippen molar-refractivity contribution in [1.82, 2.24) is 4.98 Å². The number of nitrogens with one attached hydrogen (secondary N) is 1. The van der Waals surface area contributed by atoms with Crippen LogP contribution in [0.25, 0.3) is 10.9 Å². The third kappa shape index (κ3) is 2.63. The number of nitrogens with zero attached hydrogens (tertiary/aromatic N) is 2. The van der Waals surface area contributed by atoms with Crippen LogP contribution in [0.2, 0.25) is 0 Å². The highest BCUT2D eigenvalue weighted by molar-refractivity contribution is 5.99. The van der Waals surface area contributed by atoms with Gasteiger partial charge in [-0.15, -0.1) is 0 Å². The van der Waals surface area contributed by atoms with Crippen molar-refractivity contribution in [3.8, 4) is 23.3 Å². The van der Waals surface area contributed by atoms with E-state index in [2.05, 4.69) is 16.4 Å². The summed E-state index contributed by atoms with van der Waals surface area (Å²) in [5.74, 6) is 1.19. The Morgan fingerprint density at radius 3 is 2.67 bits per heavy atom. The van der Waals surface area contributed by atoms with Gasteiger partial charge in [0.1, 0.15) is 17.3 Å². The van der Waals surface area contributed by atoms with Crippen LogP contribution >= 0.6 is 0 Å². The highest BCUT2D eigenvalue weighted by Crippen LogP contribution is 2.39. The van der Waals surface area contributed by atoms with Crippen LogP contribution in [0, 0.1) is 11.3 Å². The van der Waals surface area contributed by atoms with Crippen molar-refractivity contribution in [2.75, 3.05) is 19.5 Å². The van der Waals surface area contributed by atoms with Gasteiger partial charge in [0.2, 0.25) is 0 Å². The first-order valence-electron chi connectivity index (χ1n) is 7.17. The summed E-state index contributed by atoms with van der Waals surface area (Å²) in [5, 5.41) is 22.9. The van der Waals surface area contributed by atoms with Gasteiger partial charge in [0.25, 0.3) is 0 Å². The molecule has 1 heterocycles. The molecule has 0 aliphatic carbocycles. The molecular formula is C18H15N3O3. The summed E-state index contributed by atoms with van der Waals surface area (Å²) in [7, 11) is 3.10. The van der Waals surface area contributed by atoms with Crippen molar-refractivity contribution in [2.24, 2.45) is 0 Å². The molecule has 120 valence electrons. The summed E-state index contributed by atoms with van der Waals surface area (Å²) in [4.78, 5) is 4.33. The summed E-state index contributed by atoms with van der Waals surface area (Å²) in [6.45, 7) is 0. The van der Waals surface area contributed by atoms with Gasteiger partial charge >= 0.3 is 0 Å². The molecule has 0 atom stereocenters. The van der Waals surface area contributed by atoms with Crippen molar-refractivity contribution in [2.45, 2.75) is 0 Å². The zero-order valence-electron chi connectivity index (χ0n) is 13.2. The molecule has 0 radical (unpaired) electrons. The van der Waals surface area contributed by atoms with Crippen molar-refractivity contribution in [3.63, 3.8) is 0 Å². The number of nitriles is 1. The zero-order chi connectivity index (χ0) is 17.1. The molecule has 2 aromatic carbocycles. The lowest BCUT2D eigenvalue weighted by Crippen LogP contribution is -1.99. The average Bonchev–Trinajstić information content (AvgIpc) is 2.60. The molecule has 0 aliphatic heterocycles. The fourth-order valence-corrected chi connectivity index (χ4v) is 2.53. The molecule has 0 saturated heterocycles. The van der Waals surface area contributed by atoms with Crippen molar-refractivity contribution in [1.29, 1.82) is 5.26 Å².